The summed E-state index contributed by atoms with van der Waals surface area (Å²) in [6.45, 7) is 4.98. The standard InChI is InChI=1S/C24H31BrN2O2S/c1-3-4-15-26-24(29)19(2)27(17-20-10-12-22(25)13-11-20)23(28)14-16-30-18-21-8-6-5-7-9-21/h5-13,19H,3-4,14-18H2,1-2H3,(H,26,29). The maximum atomic E-state index is 13.0. The van der Waals surface area contributed by atoms with Gasteiger partial charge in [0.25, 0.3) is 0 Å². The molecule has 4 nitrogen and oxygen atoms in total. The number of amides is 2. The maximum Gasteiger partial charge on any atom is 0.242 e. The summed E-state index contributed by atoms with van der Waals surface area (Å²) < 4.78 is 0.992. The lowest BCUT2D eigenvalue weighted by Crippen LogP contribution is -2.47. The highest BCUT2D eigenvalue weighted by Gasteiger charge is 2.25. The van der Waals surface area contributed by atoms with E-state index >= 15 is 0 Å². The van der Waals surface area contributed by atoms with Crippen molar-refractivity contribution in [3.63, 3.8) is 0 Å². The first-order valence-electron chi connectivity index (χ1n) is 10.4. The van der Waals surface area contributed by atoms with E-state index in [1.807, 2.05) is 49.4 Å². The predicted molar refractivity (Wildman–Crippen MR) is 129 cm³/mol. The van der Waals surface area contributed by atoms with Crippen molar-refractivity contribution in [3.8, 4) is 0 Å². The van der Waals surface area contributed by atoms with Crippen molar-refractivity contribution in [2.75, 3.05) is 12.3 Å². The molecule has 0 bridgehead atoms. The molecule has 2 rings (SSSR count). The molecule has 0 spiro atoms. The Kier molecular flexibility index (Phi) is 11.0. The molecule has 0 radical (unpaired) electrons. The summed E-state index contributed by atoms with van der Waals surface area (Å²) in [6, 6.07) is 17.6. The number of hydrogen-bond donors (Lipinski definition) is 1. The van der Waals surface area contributed by atoms with Crippen LogP contribution in [0.15, 0.2) is 59.1 Å². The summed E-state index contributed by atoms with van der Waals surface area (Å²) in [5, 5.41) is 2.96. The normalized spacial score (nSPS) is 11.7. The summed E-state index contributed by atoms with van der Waals surface area (Å²) in [4.78, 5) is 27.3. The molecule has 0 fully saturated rings. The summed E-state index contributed by atoms with van der Waals surface area (Å²) in [5.41, 5.74) is 2.27. The summed E-state index contributed by atoms with van der Waals surface area (Å²) >= 11 is 5.18. The molecule has 2 aromatic carbocycles. The van der Waals surface area contributed by atoms with Crippen LogP contribution in [0, 0.1) is 0 Å². The molecule has 0 aromatic heterocycles. The largest absolute Gasteiger partial charge is 0.354 e. The number of thioether (sulfide) groups is 1. The number of rotatable bonds is 12. The fourth-order valence-corrected chi connectivity index (χ4v) is 4.13. The zero-order valence-corrected chi connectivity index (χ0v) is 20.2. The second-order valence-corrected chi connectivity index (χ2v) is 9.28. The Labute approximate surface area is 192 Å². The average molecular weight is 491 g/mol. The maximum absolute atomic E-state index is 13.0. The number of nitrogens with zero attached hydrogens (tertiary/aromatic N) is 1. The first-order valence-corrected chi connectivity index (χ1v) is 12.4. The van der Waals surface area contributed by atoms with Crippen molar-refractivity contribution < 1.29 is 9.59 Å². The molecule has 0 saturated heterocycles. The van der Waals surface area contributed by atoms with Gasteiger partial charge in [-0.05, 0) is 36.6 Å². The molecule has 6 heteroatoms. The third kappa shape index (κ3) is 8.52. The molecule has 1 N–H and O–H groups in total. The van der Waals surface area contributed by atoms with Crippen LogP contribution in [-0.4, -0.2) is 35.1 Å². The lowest BCUT2D eigenvalue weighted by Gasteiger charge is -2.29. The molecule has 2 amide bonds. The van der Waals surface area contributed by atoms with Crippen LogP contribution in [0.1, 0.15) is 44.2 Å². The van der Waals surface area contributed by atoms with Crippen LogP contribution in [-0.2, 0) is 21.9 Å². The van der Waals surface area contributed by atoms with Gasteiger partial charge in [-0.1, -0.05) is 71.7 Å². The minimum atomic E-state index is -0.503. The molecule has 0 aliphatic carbocycles. The molecule has 0 aliphatic heterocycles. The third-order valence-corrected chi connectivity index (χ3v) is 6.39. The molecule has 0 heterocycles. The zero-order valence-electron chi connectivity index (χ0n) is 17.8. The van der Waals surface area contributed by atoms with Crippen molar-refractivity contribution in [2.45, 2.75) is 51.4 Å². The lowest BCUT2D eigenvalue weighted by molar-refractivity contribution is -0.140. The number of halogens is 1. The average Bonchev–Trinajstić information content (AvgIpc) is 2.76. The van der Waals surface area contributed by atoms with Gasteiger partial charge in [-0.15, -0.1) is 0 Å². The Balaban J connectivity index is 1.96. The number of nitrogens with one attached hydrogen (secondary N) is 1. The van der Waals surface area contributed by atoms with Crippen molar-refractivity contribution in [1.29, 1.82) is 0 Å². The molecule has 1 unspecified atom stereocenters. The lowest BCUT2D eigenvalue weighted by atomic mass is 10.1. The van der Waals surface area contributed by atoms with Crippen LogP contribution >= 0.6 is 27.7 Å². The smallest absolute Gasteiger partial charge is 0.242 e. The topological polar surface area (TPSA) is 49.4 Å². The van der Waals surface area contributed by atoms with E-state index < -0.39 is 6.04 Å². The summed E-state index contributed by atoms with van der Waals surface area (Å²) in [7, 11) is 0. The van der Waals surface area contributed by atoms with Crippen molar-refractivity contribution in [3.05, 3.63) is 70.2 Å². The minimum absolute atomic E-state index is 0.0108. The van der Waals surface area contributed by atoms with Crippen molar-refractivity contribution in [1.82, 2.24) is 10.2 Å². The number of benzene rings is 2. The van der Waals surface area contributed by atoms with Crippen LogP contribution in [0.2, 0.25) is 0 Å². The van der Waals surface area contributed by atoms with E-state index in [9.17, 15) is 9.59 Å². The number of unbranched alkanes of at least 4 members (excludes halogenated alkanes) is 1. The van der Waals surface area contributed by atoms with Gasteiger partial charge in [-0.2, -0.15) is 11.8 Å². The fraction of sp³-hybridized carbons (Fsp3) is 0.417. The van der Waals surface area contributed by atoms with E-state index in [0.29, 0.717) is 19.5 Å². The molecule has 30 heavy (non-hydrogen) atoms. The van der Waals surface area contributed by atoms with E-state index in [-0.39, 0.29) is 11.8 Å². The molecule has 0 saturated carbocycles. The quantitative estimate of drug-likeness (QED) is 0.404. The number of carbonyl (C=O) groups is 2. The summed E-state index contributed by atoms with van der Waals surface area (Å²) in [6.07, 6.45) is 2.38. The number of carbonyl (C=O) groups excluding carboxylic acids is 2. The van der Waals surface area contributed by atoms with E-state index in [1.54, 1.807) is 16.7 Å². The Hall–Kier alpha value is -1.79. The van der Waals surface area contributed by atoms with Gasteiger partial charge in [0.15, 0.2) is 0 Å². The molecule has 162 valence electrons. The van der Waals surface area contributed by atoms with Crippen LogP contribution in [0.5, 0.6) is 0 Å². The second kappa shape index (κ2) is 13.5. The second-order valence-electron chi connectivity index (χ2n) is 7.26. The Morgan fingerprint density at radius 3 is 2.43 bits per heavy atom. The summed E-state index contributed by atoms with van der Waals surface area (Å²) in [5.74, 6) is 1.53. The highest BCUT2D eigenvalue weighted by molar-refractivity contribution is 9.10. The van der Waals surface area contributed by atoms with Gasteiger partial charge < -0.3 is 10.2 Å². The van der Waals surface area contributed by atoms with Crippen molar-refractivity contribution in [2.24, 2.45) is 0 Å². The highest BCUT2D eigenvalue weighted by Crippen LogP contribution is 2.17. The Morgan fingerprint density at radius 2 is 1.77 bits per heavy atom. The molecule has 0 aliphatic rings. The first kappa shape index (κ1) is 24.5. The van der Waals surface area contributed by atoms with E-state index in [0.717, 1.165) is 34.4 Å². The van der Waals surface area contributed by atoms with Crippen LogP contribution in [0.3, 0.4) is 0 Å². The monoisotopic (exact) mass is 490 g/mol. The minimum Gasteiger partial charge on any atom is -0.354 e. The van der Waals surface area contributed by atoms with E-state index in [4.69, 9.17) is 0 Å². The van der Waals surface area contributed by atoms with Crippen LogP contribution in [0.4, 0.5) is 0 Å². The Bertz CT molecular complexity index is 784. The van der Waals surface area contributed by atoms with Crippen molar-refractivity contribution >= 4 is 39.5 Å². The SMILES string of the molecule is CCCCNC(=O)C(C)N(Cc1ccc(Br)cc1)C(=O)CCSCc1ccccc1. The number of hydrogen-bond acceptors (Lipinski definition) is 3. The molecule has 1 atom stereocenters. The van der Waals surface area contributed by atoms with Gasteiger partial charge in [0.1, 0.15) is 6.04 Å². The van der Waals surface area contributed by atoms with Gasteiger partial charge in [-0.25, -0.2) is 0 Å². The van der Waals surface area contributed by atoms with Gasteiger partial charge >= 0.3 is 0 Å². The van der Waals surface area contributed by atoms with Gasteiger partial charge in [0.05, 0.1) is 0 Å². The highest BCUT2D eigenvalue weighted by atomic mass is 79.9. The van der Waals surface area contributed by atoms with Gasteiger partial charge in [-0.3, -0.25) is 9.59 Å². The molecular formula is C24H31BrN2O2S. The fourth-order valence-electron chi connectivity index (χ4n) is 2.97. The van der Waals surface area contributed by atoms with Gasteiger partial charge in [0.2, 0.25) is 11.8 Å². The van der Waals surface area contributed by atoms with Crippen LogP contribution in [0.25, 0.3) is 0 Å². The Morgan fingerprint density at radius 1 is 1.07 bits per heavy atom. The first-order chi connectivity index (χ1) is 14.5. The zero-order chi connectivity index (χ0) is 21.8. The molecule has 2 aromatic rings. The predicted octanol–water partition coefficient (Wildman–Crippen LogP) is 5.41. The van der Waals surface area contributed by atoms with E-state index in [2.05, 4.69) is 40.3 Å². The third-order valence-electron chi connectivity index (χ3n) is 4.83. The molecular weight excluding hydrogens is 460 g/mol. The van der Waals surface area contributed by atoms with E-state index in [1.165, 1.54) is 5.56 Å². The van der Waals surface area contributed by atoms with Gasteiger partial charge in [0, 0.05) is 35.5 Å². The van der Waals surface area contributed by atoms with Crippen LogP contribution < -0.4 is 5.32 Å².